The molecule has 5 aromatic rings. The van der Waals surface area contributed by atoms with Crippen molar-refractivity contribution in [3.63, 3.8) is 0 Å². The number of aliphatic hydroxyl groups is 1. The Kier molecular flexibility index (Phi) is 8.93. The Morgan fingerprint density at radius 2 is 1.89 bits per heavy atom. The lowest BCUT2D eigenvalue weighted by molar-refractivity contribution is 0.0233. The van der Waals surface area contributed by atoms with E-state index in [0.717, 1.165) is 10.0 Å². The Morgan fingerprint density at radius 1 is 1.09 bits per heavy atom. The molecule has 0 saturated heterocycles. The van der Waals surface area contributed by atoms with Gasteiger partial charge in [-0.2, -0.15) is 5.10 Å². The molecule has 1 unspecified atom stereocenters. The van der Waals surface area contributed by atoms with E-state index in [1.165, 1.54) is 28.9 Å². The quantitative estimate of drug-likeness (QED) is 0.111. The van der Waals surface area contributed by atoms with Crippen LogP contribution in [0.25, 0.3) is 22.3 Å². The fourth-order valence-electron chi connectivity index (χ4n) is 5.21. The van der Waals surface area contributed by atoms with Crippen LogP contribution < -0.4 is 4.74 Å². The number of hydrogen-bond acceptors (Lipinski definition) is 5. The molecule has 0 radical (unpaired) electrons. The van der Waals surface area contributed by atoms with Crippen LogP contribution >= 0.6 is 15.9 Å². The monoisotopic (exact) mass is 662 g/mol. The first kappa shape index (κ1) is 31.4. The van der Waals surface area contributed by atoms with E-state index in [0.29, 0.717) is 36.2 Å². The topological polar surface area (TPSA) is 85.2 Å². The smallest absolute Gasteiger partial charge is 0.169 e. The molecule has 10 heteroatoms. The number of H-pyrrole nitrogens is 1. The molecule has 0 aliphatic rings. The maximum Gasteiger partial charge on any atom is 0.169 e. The van der Waals surface area contributed by atoms with E-state index in [1.807, 2.05) is 45.0 Å². The highest BCUT2D eigenvalue weighted by atomic mass is 79.9. The van der Waals surface area contributed by atoms with Crippen LogP contribution in [0.3, 0.4) is 0 Å². The van der Waals surface area contributed by atoms with E-state index in [2.05, 4.69) is 26.8 Å². The van der Waals surface area contributed by atoms with E-state index in [9.17, 15) is 5.11 Å². The summed E-state index contributed by atoms with van der Waals surface area (Å²) in [6.07, 6.45) is 8.53. The zero-order valence-electron chi connectivity index (χ0n) is 24.9. The zero-order chi connectivity index (χ0) is 31.6. The highest BCUT2D eigenvalue weighted by Crippen LogP contribution is 2.39. The van der Waals surface area contributed by atoms with Crippen molar-refractivity contribution in [3.05, 3.63) is 93.9 Å². The van der Waals surface area contributed by atoms with Crippen molar-refractivity contribution in [1.29, 1.82) is 0 Å². The van der Waals surface area contributed by atoms with Crippen LogP contribution in [0.2, 0.25) is 0 Å². The molecule has 5 rings (SSSR count). The molecule has 0 spiro atoms. The predicted molar refractivity (Wildman–Crippen MR) is 169 cm³/mol. The number of nitrogens with one attached hydrogen (secondary N) is 1. The van der Waals surface area contributed by atoms with Crippen molar-refractivity contribution < 1.29 is 23.4 Å². The average Bonchev–Trinajstić information content (AvgIpc) is 3.63. The molecular formula is C34H33BrF2N4O3. The summed E-state index contributed by atoms with van der Waals surface area (Å²) >= 11 is 3.57. The van der Waals surface area contributed by atoms with Gasteiger partial charge in [0.05, 0.1) is 17.6 Å². The van der Waals surface area contributed by atoms with E-state index < -0.39 is 29.3 Å². The van der Waals surface area contributed by atoms with Crippen LogP contribution in [0.15, 0.2) is 65.3 Å². The average molecular weight is 664 g/mol. The normalized spacial score (nSPS) is 13.2. The summed E-state index contributed by atoms with van der Waals surface area (Å²) in [6.45, 7) is 5.73. The number of benzene rings is 3. The summed E-state index contributed by atoms with van der Waals surface area (Å²) in [7, 11) is 1.70. The number of aliphatic hydroxyl groups excluding tert-OH is 1. The van der Waals surface area contributed by atoms with Gasteiger partial charge in [-0.1, -0.05) is 34.0 Å². The Hall–Kier alpha value is -4.04. The molecule has 3 aromatic carbocycles. The highest BCUT2D eigenvalue weighted by Gasteiger charge is 2.34. The third kappa shape index (κ3) is 6.27. The van der Waals surface area contributed by atoms with Crippen molar-refractivity contribution in [1.82, 2.24) is 19.7 Å². The standard InChI is InChI=1S/C34H33BrF2N4O3/c1-6-33(2,3)43-16-8-14-34(4,21-9-7-10-22(35)17-21)32-39-31(41(5)40-32)25-18-23(11-12-27(25)36)44-30-26(20-42)24-13-15-38-29(24)19-28(30)37/h1,7,9-13,15,17-19,38,42H,8,14,16,20H2,2-5H3. The first-order chi connectivity index (χ1) is 21.0. The summed E-state index contributed by atoms with van der Waals surface area (Å²) in [4.78, 5) is 7.78. The SMILES string of the molecule is C#CC(C)(C)OCCCC(C)(c1cccc(Br)c1)c1nc(-c2cc(Oc3c(F)cc4[nH]ccc4c3CO)ccc2F)n(C)n1. The molecule has 0 amide bonds. The second-order valence-electron chi connectivity index (χ2n) is 11.3. The van der Waals surface area contributed by atoms with Gasteiger partial charge in [0, 0.05) is 46.9 Å². The lowest BCUT2D eigenvalue weighted by Crippen LogP contribution is -2.28. The zero-order valence-corrected chi connectivity index (χ0v) is 26.5. The molecule has 228 valence electrons. The Balaban J connectivity index is 1.50. The third-order valence-corrected chi connectivity index (χ3v) is 8.27. The molecule has 2 heterocycles. The minimum atomic E-state index is -0.679. The Morgan fingerprint density at radius 3 is 2.61 bits per heavy atom. The van der Waals surface area contributed by atoms with Gasteiger partial charge in [0.25, 0.3) is 0 Å². The summed E-state index contributed by atoms with van der Waals surface area (Å²) < 4.78 is 44.6. The van der Waals surface area contributed by atoms with Crippen LogP contribution in [0, 0.1) is 24.0 Å². The van der Waals surface area contributed by atoms with E-state index >= 15 is 8.78 Å². The number of hydrogen-bond donors (Lipinski definition) is 2. The van der Waals surface area contributed by atoms with Crippen molar-refractivity contribution in [2.45, 2.75) is 51.2 Å². The van der Waals surface area contributed by atoms with Crippen LogP contribution in [0.5, 0.6) is 11.5 Å². The van der Waals surface area contributed by atoms with Crippen LogP contribution in [-0.4, -0.2) is 37.1 Å². The minimum Gasteiger partial charge on any atom is -0.454 e. The van der Waals surface area contributed by atoms with E-state index in [1.54, 1.807) is 19.3 Å². The fourth-order valence-corrected chi connectivity index (χ4v) is 5.61. The molecule has 7 nitrogen and oxygen atoms in total. The molecule has 1 atom stereocenters. The lowest BCUT2D eigenvalue weighted by Gasteiger charge is -2.28. The van der Waals surface area contributed by atoms with Gasteiger partial charge in [0.2, 0.25) is 0 Å². The molecule has 0 fully saturated rings. The number of terminal acetylenes is 1. The maximum absolute atomic E-state index is 15.3. The fraction of sp³-hybridized carbons (Fsp3) is 0.294. The second-order valence-corrected chi connectivity index (χ2v) is 12.3. The van der Waals surface area contributed by atoms with Gasteiger partial charge in [-0.05, 0) is 75.6 Å². The molecule has 44 heavy (non-hydrogen) atoms. The number of ether oxygens (including phenoxy) is 2. The number of aryl methyl sites for hydroxylation is 1. The molecule has 0 saturated carbocycles. The van der Waals surface area contributed by atoms with Gasteiger partial charge in [-0.25, -0.2) is 18.4 Å². The molecule has 2 N–H and O–H groups in total. The highest BCUT2D eigenvalue weighted by molar-refractivity contribution is 9.10. The maximum atomic E-state index is 15.3. The van der Waals surface area contributed by atoms with Gasteiger partial charge in [-0.3, -0.25) is 0 Å². The molecule has 0 aliphatic carbocycles. The number of rotatable bonds is 11. The van der Waals surface area contributed by atoms with Crippen LogP contribution in [-0.2, 0) is 23.8 Å². The number of nitrogens with zero attached hydrogens (tertiary/aromatic N) is 3. The summed E-state index contributed by atoms with van der Waals surface area (Å²) in [5.41, 5.74) is 0.594. The van der Waals surface area contributed by atoms with Crippen LogP contribution in [0.4, 0.5) is 8.78 Å². The first-order valence-electron chi connectivity index (χ1n) is 14.1. The molecule has 2 aromatic heterocycles. The number of aromatic amines is 1. The number of fused-ring (bicyclic) bond motifs is 1. The largest absolute Gasteiger partial charge is 0.454 e. The predicted octanol–water partition coefficient (Wildman–Crippen LogP) is 7.80. The van der Waals surface area contributed by atoms with E-state index in [-0.39, 0.29) is 28.5 Å². The van der Waals surface area contributed by atoms with Crippen LogP contribution in [0.1, 0.15) is 50.6 Å². The van der Waals surface area contributed by atoms with Crippen molar-refractivity contribution in [2.75, 3.05) is 6.61 Å². The van der Waals surface area contributed by atoms with Gasteiger partial charge in [0.1, 0.15) is 17.2 Å². The molecule has 0 bridgehead atoms. The third-order valence-electron chi connectivity index (χ3n) is 7.77. The Bertz CT molecular complexity index is 1860. The number of halogens is 3. The minimum absolute atomic E-state index is 0.131. The van der Waals surface area contributed by atoms with Gasteiger partial charge < -0.3 is 19.6 Å². The van der Waals surface area contributed by atoms with Crippen molar-refractivity contribution in [2.24, 2.45) is 7.05 Å². The second kappa shape index (κ2) is 12.5. The molecule has 0 aliphatic heterocycles. The molecular weight excluding hydrogens is 630 g/mol. The van der Waals surface area contributed by atoms with Gasteiger partial charge in [-0.15, -0.1) is 6.42 Å². The van der Waals surface area contributed by atoms with Gasteiger partial charge in [0.15, 0.2) is 23.2 Å². The summed E-state index contributed by atoms with van der Waals surface area (Å²) in [5.74, 6) is 2.27. The Labute approximate surface area is 263 Å². The van der Waals surface area contributed by atoms with Gasteiger partial charge >= 0.3 is 0 Å². The van der Waals surface area contributed by atoms with Crippen molar-refractivity contribution >= 4 is 26.8 Å². The first-order valence-corrected chi connectivity index (χ1v) is 14.9. The summed E-state index contributed by atoms with van der Waals surface area (Å²) in [5, 5.41) is 15.4. The summed E-state index contributed by atoms with van der Waals surface area (Å²) in [6, 6.07) is 15.0. The number of aromatic nitrogens is 4. The van der Waals surface area contributed by atoms with Crippen molar-refractivity contribution in [3.8, 4) is 35.2 Å². The van der Waals surface area contributed by atoms with E-state index in [4.69, 9.17) is 26.0 Å². The lowest BCUT2D eigenvalue weighted by atomic mass is 9.78.